The Morgan fingerprint density at radius 3 is 1.92 bits per heavy atom. The van der Waals surface area contributed by atoms with E-state index >= 15 is 0 Å². The smallest absolute Gasteiger partial charge is 0.0236 e. The fraction of sp³-hybridized carbons (Fsp3) is 0.833. The lowest BCUT2D eigenvalue weighted by Gasteiger charge is -2.13. The molecule has 0 spiro atoms. The summed E-state index contributed by atoms with van der Waals surface area (Å²) in [6.07, 6.45) is 3.67. The third-order valence-corrected chi connectivity index (χ3v) is 2.33. The highest BCUT2D eigenvalue weighted by Gasteiger charge is 2.04. The summed E-state index contributed by atoms with van der Waals surface area (Å²) < 4.78 is 0. The first-order valence-electron chi connectivity index (χ1n) is 5.10. The van der Waals surface area contributed by atoms with Crippen molar-refractivity contribution < 1.29 is 0 Å². The van der Waals surface area contributed by atoms with Crippen molar-refractivity contribution >= 4 is 0 Å². The summed E-state index contributed by atoms with van der Waals surface area (Å²) in [5, 5.41) is 0. The van der Waals surface area contributed by atoms with Gasteiger partial charge in [-0.3, -0.25) is 0 Å². The second-order valence-corrected chi connectivity index (χ2v) is 4.71. The highest BCUT2D eigenvalue weighted by molar-refractivity contribution is 5.01. The second-order valence-electron chi connectivity index (χ2n) is 4.71. The van der Waals surface area contributed by atoms with Gasteiger partial charge in [0.25, 0.3) is 0 Å². The minimum absolute atomic E-state index is 0.726. The van der Waals surface area contributed by atoms with E-state index in [1.54, 1.807) is 5.57 Å². The quantitative estimate of drug-likeness (QED) is 0.550. The zero-order chi connectivity index (χ0) is 9.72. The van der Waals surface area contributed by atoms with Crippen LogP contribution in [0.4, 0.5) is 0 Å². The van der Waals surface area contributed by atoms with Gasteiger partial charge in [-0.2, -0.15) is 0 Å². The van der Waals surface area contributed by atoms with Crippen molar-refractivity contribution in [3.05, 3.63) is 11.6 Å². The number of allylic oxidation sites excluding steroid dienone is 2. The van der Waals surface area contributed by atoms with E-state index in [2.05, 4.69) is 47.6 Å². The Morgan fingerprint density at radius 1 is 1.08 bits per heavy atom. The highest BCUT2D eigenvalue weighted by Crippen LogP contribution is 2.17. The molecule has 12 heavy (non-hydrogen) atoms. The third kappa shape index (κ3) is 5.40. The maximum absolute atomic E-state index is 2.42. The van der Waals surface area contributed by atoms with Crippen molar-refractivity contribution in [3.63, 3.8) is 0 Å². The first-order chi connectivity index (χ1) is 5.43. The van der Waals surface area contributed by atoms with Gasteiger partial charge in [-0.15, -0.1) is 0 Å². The topological polar surface area (TPSA) is 0 Å². The SMILES string of the molecule is CC(=CC(C)C(C)C)CC(C)C. The van der Waals surface area contributed by atoms with Crippen LogP contribution in [0.3, 0.4) is 0 Å². The van der Waals surface area contributed by atoms with Gasteiger partial charge in [0.15, 0.2) is 0 Å². The molecular formula is C12H24. The molecule has 0 aliphatic heterocycles. The lowest BCUT2D eigenvalue weighted by Crippen LogP contribution is -2.01. The van der Waals surface area contributed by atoms with E-state index < -0.39 is 0 Å². The summed E-state index contributed by atoms with van der Waals surface area (Å²) in [5.74, 6) is 2.29. The fourth-order valence-corrected chi connectivity index (χ4v) is 1.35. The zero-order valence-corrected chi connectivity index (χ0v) is 9.52. The molecule has 0 aromatic carbocycles. The van der Waals surface area contributed by atoms with Crippen LogP contribution in [0.15, 0.2) is 11.6 Å². The molecule has 0 amide bonds. The highest BCUT2D eigenvalue weighted by atomic mass is 14.1. The molecule has 0 heterocycles. The molecule has 0 radical (unpaired) electrons. The van der Waals surface area contributed by atoms with E-state index in [9.17, 15) is 0 Å². The van der Waals surface area contributed by atoms with Crippen LogP contribution in [-0.2, 0) is 0 Å². The van der Waals surface area contributed by atoms with E-state index in [4.69, 9.17) is 0 Å². The van der Waals surface area contributed by atoms with Gasteiger partial charge >= 0.3 is 0 Å². The molecule has 1 atom stereocenters. The predicted molar refractivity (Wildman–Crippen MR) is 57.2 cm³/mol. The molecule has 0 bridgehead atoms. The lowest BCUT2D eigenvalue weighted by molar-refractivity contribution is 0.498. The maximum atomic E-state index is 2.42. The van der Waals surface area contributed by atoms with Gasteiger partial charge in [0, 0.05) is 0 Å². The van der Waals surface area contributed by atoms with Crippen LogP contribution in [-0.4, -0.2) is 0 Å². The standard InChI is InChI=1S/C12H24/c1-9(2)7-11(5)8-12(6)10(3)4/h8-10,12H,7H2,1-6H3. The fourth-order valence-electron chi connectivity index (χ4n) is 1.35. The van der Waals surface area contributed by atoms with Crippen LogP contribution in [0.1, 0.15) is 48.0 Å². The molecule has 0 aromatic heterocycles. The van der Waals surface area contributed by atoms with Crippen molar-refractivity contribution in [2.45, 2.75) is 48.0 Å². The zero-order valence-electron chi connectivity index (χ0n) is 9.52. The van der Waals surface area contributed by atoms with Crippen molar-refractivity contribution in [1.82, 2.24) is 0 Å². The van der Waals surface area contributed by atoms with Crippen LogP contribution >= 0.6 is 0 Å². The van der Waals surface area contributed by atoms with Crippen LogP contribution in [0, 0.1) is 17.8 Å². The molecule has 0 aliphatic rings. The lowest BCUT2D eigenvalue weighted by atomic mass is 9.93. The second kappa shape index (κ2) is 5.40. The average molecular weight is 168 g/mol. The van der Waals surface area contributed by atoms with E-state index in [-0.39, 0.29) is 0 Å². The number of rotatable bonds is 4. The van der Waals surface area contributed by atoms with Gasteiger partial charge in [0.05, 0.1) is 0 Å². The maximum Gasteiger partial charge on any atom is -0.0236 e. The van der Waals surface area contributed by atoms with Gasteiger partial charge < -0.3 is 0 Å². The summed E-state index contributed by atoms with van der Waals surface area (Å²) in [5.41, 5.74) is 1.55. The van der Waals surface area contributed by atoms with Gasteiger partial charge in [0.2, 0.25) is 0 Å². The number of hydrogen-bond donors (Lipinski definition) is 0. The summed E-state index contributed by atoms with van der Waals surface area (Å²) in [6.45, 7) is 13.7. The Morgan fingerprint density at radius 2 is 1.58 bits per heavy atom. The molecular weight excluding hydrogens is 144 g/mol. The molecule has 0 heteroatoms. The molecule has 0 nitrogen and oxygen atoms in total. The summed E-state index contributed by atoms with van der Waals surface area (Å²) >= 11 is 0. The Balaban J connectivity index is 3.97. The molecule has 72 valence electrons. The predicted octanol–water partition coefficient (Wildman–Crippen LogP) is 4.27. The van der Waals surface area contributed by atoms with E-state index in [0.29, 0.717) is 0 Å². The molecule has 0 aliphatic carbocycles. The van der Waals surface area contributed by atoms with Gasteiger partial charge in [-0.05, 0) is 31.1 Å². The summed E-state index contributed by atoms with van der Waals surface area (Å²) in [6, 6.07) is 0. The molecule has 0 rings (SSSR count). The third-order valence-electron chi connectivity index (χ3n) is 2.33. The van der Waals surface area contributed by atoms with Crippen molar-refractivity contribution in [1.29, 1.82) is 0 Å². The van der Waals surface area contributed by atoms with Gasteiger partial charge in [0.1, 0.15) is 0 Å². The molecule has 0 fully saturated rings. The van der Waals surface area contributed by atoms with Gasteiger partial charge in [-0.1, -0.05) is 46.3 Å². The van der Waals surface area contributed by atoms with Crippen molar-refractivity contribution in [2.24, 2.45) is 17.8 Å². The summed E-state index contributed by atoms with van der Waals surface area (Å²) in [4.78, 5) is 0. The van der Waals surface area contributed by atoms with Crippen LogP contribution in [0.5, 0.6) is 0 Å². The summed E-state index contributed by atoms with van der Waals surface area (Å²) in [7, 11) is 0. The molecule has 0 N–H and O–H groups in total. The normalized spacial score (nSPS) is 15.8. The number of hydrogen-bond acceptors (Lipinski definition) is 0. The van der Waals surface area contributed by atoms with Crippen LogP contribution < -0.4 is 0 Å². The van der Waals surface area contributed by atoms with E-state index in [1.807, 2.05) is 0 Å². The molecule has 1 unspecified atom stereocenters. The minimum Gasteiger partial charge on any atom is -0.0825 e. The Hall–Kier alpha value is -0.260. The van der Waals surface area contributed by atoms with Crippen molar-refractivity contribution in [2.75, 3.05) is 0 Å². The molecule has 0 aromatic rings. The molecule has 0 saturated heterocycles. The first-order valence-corrected chi connectivity index (χ1v) is 5.10. The van der Waals surface area contributed by atoms with Gasteiger partial charge in [-0.25, -0.2) is 0 Å². The van der Waals surface area contributed by atoms with Crippen LogP contribution in [0.2, 0.25) is 0 Å². The van der Waals surface area contributed by atoms with E-state index in [0.717, 1.165) is 17.8 Å². The van der Waals surface area contributed by atoms with Crippen LogP contribution in [0.25, 0.3) is 0 Å². The minimum atomic E-state index is 0.726. The van der Waals surface area contributed by atoms with Crippen molar-refractivity contribution in [3.8, 4) is 0 Å². The Labute approximate surface area is 78.1 Å². The average Bonchev–Trinajstić information content (AvgIpc) is 1.84. The monoisotopic (exact) mass is 168 g/mol. The largest absolute Gasteiger partial charge is 0.0825 e. The Kier molecular flexibility index (Phi) is 5.28. The van der Waals surface area contributed by atoms with E-state index in [1.165, 1.54) is 6.42 Å². The first kappa shape index (κ1) is 11.7. The molecule has 0 saturated carbocycles. The Bertz CT molecular complexity index is 140.